The molecule has 0 bridgehead atoms. The van der Waals surface area contributed by atoms with Crippen LogP contribution in [0.15, 0.2) is 53.4 Å². The lowest BCUT2D eigenvalue weighted by molar-refractivity contribution is -0.137. The number of carbonyl (C=O) groups is 2. The van der Waals surface area contributed by atoms with E-state index in [2.05, 4.69) is 5.32 Å². The van der Waals surface area contributed by atoms with E-state index in [0.29, 0.717) is 22.8 Å². The summed E-state index contributed by atoms with van der Waals surface area (Å²) in [5.74, 6) is 0.462. The predicted molar refractivity (Wildman–Crippen MR) is 104 cm³/mol. The summed E-state index contributed by atoms with van der Waals surface area (Å²) in [6, 6.07) is 14.2. The largest absolute Gasteiger partial charge is 0.497 e. The van der Waals surface area contributed by atoms with Crippen LogP contribution in [0.5, 0.6) is 11.5 Å². The normalized spacial score (nSPS) is 11.5. The van der Waals surface area contributed by atoms with Crippen LogP contribution in [0.2, 0.25) is 0 Å². The van der Waals surface area contributed by atoms with Crippen molar-refractivity contribution in [1.29, 1.82) is 0 Å². The van der Waals surface area contributed by atoms with Gasteiger partial charge in [-0.3, -0.25) is 9.59 Å². The molecule has 0 aliphatic carbocycles. The molecule has 0 aliphatic heterocycles. The molecule has 27 heavy (non-hydrogen) atoms. The van der Waals surface area contributed by atoms with Gasteiger partial charge in [-0.05, 0) is 24.3 Å². The van der Waals surface area contributed by atoms with Crippen molar-refractivity contribution in [2.45, 2.75) is 23.8 Å². The van der Waals surface area contributed by atoms with Crippen LogP contribution in [0.25, 0.3) is 0 Å². The fourth-order valence-electron chi connectivity index (χ4n) is 2.56. The Morgan fingerprint density at radius 3 is 2.48 bits per heavy atom. The highest BCUT2D eigenvalue weighted by Gasteiger charge is 2.22. The fourth-order valence-corrected chi connectivity index (χ4v) is 3.44. The van der Waals surface area contributed by atoms with E-state index in [-0.39, 0.29) is 18.7 Å². The molecule has 0 heterocycles. The summed E-state index contributed by atoms with van der Waals surface area (Å²) in [5, 5.41) is 12.0. The zero-order valence-electron chi connectivity index (χ0n) is 15.3. The Labute approximate surface area is 162 Å². The second-order valence-corrected chi connectivity index (χ2v) is 6.91. The third-order valence-corrected chi connectivity index (χ3v) is 4.88. The number of carbonyl (C=O) groups excluding carboxylic acids is 1. The first-order valence-corrected chi connectivity index (χ1v) is 9.43. The van der Waals surface area contributed by atoms with Gasteiger partial charge in [0.05, 0.1) is 26.7 Å². The van der Waals surface area contributed by atoms with Crippen molar-refractivity contribution < 1.29 is 24.2 Å². The Morgan fingerprint density at radius 1 is 1.11 bits per heavy atom. The van der Waals surface area contributed by atoms with Gasteiger partial charge in [0.2, 0.25) is 5.91 Å². The predicted octanol–water partition coefficient (Wildman–Crippen LogP) is 3.52. The van der Waals surface area contributed by atoms with E-state index in [0.717, 1.165) is 4.90 Å². The molecular weight excluding hydrogens is 366 g/mol. The number of rotatable bonds is 10. The van der Waals surface area contributed by atoms with Crippen molar-refractivity contribution in [2.75, 3.05) is 20.0 Å². The Kier molecular flexibility index (Phi) is 8.00. The van der Waals surface area contributed by atoms with Gasteiger partial charge < -0.3 is 19.9 Å². The van der Waals surface area contributed by atoms with Gasteiger partial charge in [0, 0.05) is 28.7 Å². The number of hydrogen-bond acceptors (Lipinski definition) is 5. The first-order chi connectivity index (χ1) is 13.0. The lowest BCUT2D eigenvalue weighted by atomic mass is 10.0. The van der Waals surface area contributed by atoms with Gasteiger partial charge in [-0.2, -0.15) is 0 Å². The van der Waals surface area contributed by atoms with Crippen molar-refractivity contribution in [1.82, 2.24) is 5.32 Å². The molecule has 0 radical (unpaired) electrons. The maximum absolute atomic E-state index is 12.3. The second-order valence-electron chi connectivity index (χ2n) is 5.74. The van der Waals surface area contributed by atoms with E-state index in [4.69, 9.17) is 9.47 Å². The summed E-state index contributed by atoms with van der Waals surface area (Å²) in [6.07, 6.45) is 0.0500. The molecule has 1 atom stereocenters. The lowest BCUT2D eigenvalue weighted by Crippen LogP contribution is -2.30. The Morgan fingerprint density at radius 2 is 1.85 bits per heavy atom. The number of carboxylic acid groups (broad SMARTS) is 1. The van der Waals surface area contributed by atoms with Crippen LogP contribution in [0.3, 0.4) is 0 Å². The Balaban J connectivity index is 2.03. The molecule has 0 saturated carbocycles. The molecule has 2 aromatic carbocycles. The molecule has 2 N–H and O–H groups in total. The Bertz CT molecular complexity index is 766. The van der Waals surface area contributed by atoms with Crippen molar-refractivity contribution in [3.63, 3.8) is 0 Å². The zero-order valence-corrected chi connectivity index (χ0v) is 16.1. The number of amides is 1. The van der Waals surface area contributed by atoms with E-state index in [1.165, 1.54) is 14.2 Å². The summed E-state index contributed by atoms with van der Waals surface area (Å²) in [4.78, 5) is 24.7. The van der Waals surface area contributed by atoms with Crippen molar-refractivity contribution in [3.05, 3.63) is 54.1 Å². The molecule has 6 nitrogen and oxygen atoms in total. The zero-order chi connectivity index (χ0) is 19.6. The van der Waals surface area contributed by atoms with Gasteiger partial charge in [-0.25, -0.2) is 0 Å². The minimum absolute atomic E-state index is 0.206. The number of thioether (sulfide) groups is 1. The third kappa shape index (κ3) is 6.53. The van der Waals surface area contributed by atoms with Gasteiger partial charge in [0.25, 0.3) is 0 Å². The van der Waals surface area contributed by atoms with E-state index < -0.39 is 12.0 Å². The lowest BCUT2D eigenvalue weighted by Gasteiger charge is -2.20. The molecule has 0 fully saturated rings. The van der Waals surface area contributed by atoms with Crippen LogP contribution >= 0.6 is 11.8 Å². The molecule has 0 aliphatic rings. The van der Waals surface area contributed by atoms with Crippen LogP contribution < -0.4 is 14.8 Å². The maximum Gasteiger partial charge on any atom is 0.305 e. The summed E-state index contributed by atoms with van der Waals surface area (Å²) in [7, 11) is 3.03. The SMILES string of the molecule is COc1ccc(C(CC(=O)O)NC(=O)CCSc2ccccc2)c(OC)c1. The van der Waals surface area contributed by atoms with Gasteiger partial charge in [0.15, 0.2) is 0 Å². The fraction of sp³-hybridized carbons (Fsp3) is 0.300. The molecule has 2 aromatic rings. The highest BCUT2D eigenvalue weighted by Crippen LogP contribution is 2.31. The summed E-state index contributed by atoms with van der Waals surface area (Å²) in [5.41, 5.74) is 0.602. The maximum atomic E-state index is 12.3. The molecule has 1 amide bonds. The number of ether oxygens (including phenoxy) is 2. The van der Waals surface area contributed by atoms with Gasteiger partial charge in [-0.15, -0.1) is 11.8 Å². The van der Waals surface area contributed by atoms with Crippen LogP contribution in [0.1, 0.15) is 24.4 Å². The molecule has 1 unspecified atom stereocenters. The van der Waals surface area contributed by atoms with E-state index in [1.54, 1.807) is 30.0 Å². The monoisotopic (exact) mass is 389 g/mol. The number of benzene rings is 2. The average molecular weight is 389 g/mol. The summed E-state index contributed by atoms with van der Waals surface area (Å²) in [6.45, 7) is 0. The number of aliphatic carboxylic acids is 1. The van der Waals surface area contributed by atoms with Gasteiger partial charge in [0.1, 0.15) is 11.5 Å². The topological polar surface area (TPSA) is 84.9 Å². The van der Waals surface area contributed by atoms with E-state index in [1.807, 2.05) is 30.3 Å². The smallest absolute Gasteiger partial charge is 0.305 e. The third-order valence-electron chi connectivity index (χ3n) is 3.87. The molecular formula is C20H23NO5S. The average Bonchev–Trinajstić information content (AvgIpc) is 2.67. The molecule has 7 heteroatoms. The molecule has 144 valence electrons. The molecule has 0 saturated heterocycles. The van der Waals surface area contributed by atoms with Gasteiger partial charge >= 0.3 is 5.97 Å². The van der Waals surface area contributed by atoms with Crippen LogP contribution in [-0.2, 0) is 9.59 Å². The highest BCUT2D eigenvalue weighted by atomic mass is 32.2. The van der Waals surface area contributed by atoms with Crippen LogP contribution in [0, 0.1) is 0 Å². The van der Waals surface area contributed by atoms with Crippen LogP contribution in [0.4, 0.5) is 0 Å². The standard InChI is InChI=1S/C20H23NO5S/c1-25-14-8-9-16(18(12-14)26-2)17(13-20(23)24)21-19(22)10-11-27-15-6-4-3-5-7-15/h3-9,12,17H,10-11,13H2,1-2H3,(H,21,22)(H,23,24). The van der Waals surface area contributed by atoms with Crippen molar-refractivity contribution >= 4 is 23.6 Å². The van der Waals surface area contributed by atoms with Crippen LogP contribution in [-0.4, -0.2) is 37.0 Å². The second kappa shape index (κ2) is 10.5. The van der Waals surface area contributed by atoms with Crippen molar-refractivity contribution in [2.24, 2.45) is 0 Å². The number of nitrogens with one attached hydrogen (secondary N) is 1. The van der Waals surface area contributed by atoms with E-state index in [9.17, 15) is 14.7 Å². The van der Waals surface area contributed by atoms with Gasteiger partial charge in [-0.1, -0.05) is 18.2 Å². The van der Waals surface area contributed by atoms with E-state index >= 15 is 0 Å². The molecule has 0 spiro atoms. The highest BCUT2D eigenvalue weighted by molar-refractivity contribution is 7.99. The first-order valence-electron chi connectivity index (χ1n) is 8.44. The first kappa shape index (κ1) is 20.6. The summed E-state index contributed by atoms with van der Waals surface area (Å²) >= 11 is 1.58. The summed E-state index contributed by atoms with van der Waals surface area (Å²) < 4.78 is 10.5. The molecule has 2 rings (SSSR count). The minimum atomic E-state index is -1.00. The minimum Gasteiger partial charge on any atom is -0.497 e. The molecule has 0 aromatic heterocycles. The number of carboxylic acids is 1. The quantitative estimate of drug-likeness (QED) is 0.605. The number of hydrogen-bond donors (Lipinski definition) is 2. The van der Waals surface area contributed by atoms with Crippen molar-refractivity contribution in [3.8, 4) is 11.5 Å². The number of methoxy groups -OCH3 is 2. The Hall–Kier alpha value is -2.67.